The Morgan fingerprint density at radius 2 is 1.61 bits per heavy atom. The van der Waals surface area contributed by atoms with E-state index in [9.17, 15) is 4.39 Å². The van der Waals surface area contributed by atoms with Crippen LogP contribution in [0.3, 0.4) is 0 Å². The lowest BCUT2D eigenvalue weighted by molar-refractivity contribution is 0.628. The first kappa shape index (κ1) is 17.5. The van der Waals surface area contributed by atoms with E-state index < -0.39 is 0 Å². The molecule has 0 unspecified atom stereocenters. The Bertz CT molecular complexity index is 1530. The number of hydrogen-bond donors (Lipinski definition) is 2. The highest BCUT2D eigenvalue weighted by Gasteiger charge is 2.15. The summed E-state index contributed by atoms with van der Waals surface area (Å²) in [7, 11) is 0. The van der Waals surface area contributed by atoms with Gasteiger partial charge in [0.15, 0.2) is 5.65 Å². The van der Waals surface area contributed by atoms with E-state index in [0.717, 1.165) is 49.9 Å². The van der Waals surface area contributed by atoms with E-state index in [4.69, 9.17) is 0 Å². The third-order valence-electron chi connectivity index (χ3n) is 5.38. The van der Waals surface area contributed by atoms with Gasteiger partial charge in [0.05, 0.1) is 5.69 Å². The molecule has 0 saturated carbocycles. The highest BCUT2D eigenvalue weighted by Crippen LogP contribution is 2.34. The Hall–Kier alpha value is -4.39. The Balaban J connectivity index is 1.51. The van der Waals surface area contributed by atoms with Crippen molar-refractivity contribution >= 4 is 21.9 Å². The molecule has 0 atom stereocenters. The maximum atomic E-state index is 13.4. The van der Waals surface area contributed by atoms with Gasteiger partial charge in [-0.3, -0.25) is 5.10 Å². The van der Waals surface area contributed by atoms with E-state index in [1.54, 1.807) is 30.7 Å². The summed E-state index contributed by atoms with van der Waals surface area (Å²) in [6.45, 7) is 0. The minimum atomic E-state index is -0.249. The number of benzene rings is 2. The molecule has 6 rings (SSSR count). The minimum absolute atomic E-state index is 0.249. The Morgan fingerprint density at radius 1 is 0.774 bits per heavy atom. The largest absolute Gasteiger partial charge is 0.353 e. The molecule has 0 spiro atoms. The number of pyridine rings is 1. The van der Waals surface area contributed by atoms with Crippen LogP contribution >= 0.6 is 0 Å². The highest BCUT2D eigenvalue weighted by molar-refractivity contribution is 6.01. The Morgan fingerprint density at radius 3 is 2.45 bits per heavy atom. The van der Waals surface area contributed by atoms with Gasteiger partial charge in [-0.25, -0.2) is 19.3 Å². The van der Waals surface area contributed by atoms with Crippen LogP contribution in [0.4, 0.5) is 4.39 Å². The molecule has 4 aromatic heterocycles. The molecule has 0 amide bonds. The lowest BCUT2D eigenvalue weighted by atomic mass is 10.0. The zero-order valence-corrected chi connectivity index (χ0v) is 16.2. The molecule has 2 aromatic carbocycles. The first-order chi connectivity index (χ1) is 15.3. The van der Waals surface area contributed by atoms with Crippen molar-refractivity contribution in [3.05, 3.63) is 85.3 Å². The molecular formula is C24H15FN6. The topological polar surface area (TPSA) is 83.1 Å². The zero-order valence-electron chi connectivity index (χ0n) is 16.2. The number of nitrogens with zero attached hydrogens (tertiary/aromatic N) is 4. The van der Waals surface area contributed by atoms with Gasteiger partial charge in [-0.1, -0.05) is 24.3 Å². The van der Waals surface area contributed by atoms with E-state index in [1.165, 1.54) is 18.5 Å². The molecule has 0 radical (unpaired) electrons. The van der Waals surface area contributed by atoms with Crippen molar-refractivity contribution in [3.63, 3.8) is 0 Å². The van der Waals surface area contributed by atoms with Gasteiger partial charge in [0.2, 0.25) is 0 Å². The SMILES string of the molecule is Fc1ccc(-c2cccc3[nH]c(-c4n[nH]c5ncc(-c6cncnc6)cc45)cc23)cc1. The summed E-state index contributed by atoms with van der Waals surface area (Å²) in [4.78, 5) is 16.2. The van der Waals surface area contributed by atoms with Crippen molar-refractivity contribution in [2.75, 3.05) is 0 Å². The lowest BCUT2D eigenvalue weighted by Gasteiger charge is -2.03. The van der Waals surface area contributed by atoms with E-state index in [-0.39, 0.29) is 5.82 Å². The molecule has 6 nitrogen and oxygen atoms in total. The molecule has 7 heteroatoms. The molecule has 4 heterocycles. The van der Waals surface area contributed by atoms with Crippen molar-refractivity contribution in [3.8, 4) is 33.6 Å². The maximum Gasteiger partial charge on any atom is 0.155 e. The second-order valence-electron chi connectivity index (χ2n) is 7.28. The van der Waals surface area contributed by atoms with Crippen molar-refractivity contribution in [1.82, 2.24) is 30.1 Å². The molecule has 2 N–H and O–H groups in total. The number of H-pyrrole nitrogens is 2. The van der Waals surface area contributed by atoms with Crippen LogP contribution in [0.2, 0.25) is 0 Å². The van der Waals surface area contributed by atoms with Crippen LogP contribution in [0, 0.1) is 5.82 Å². The average molecular weight is 406 g/mol. The number of rotatable bonds is 3. The fourth-order valence-electron chi connectivity index (χ4n) is 3.88. The van der Waals surface area contributed by atoms with E-state index >= 15 is 0 Å². The third-order valence-corrected chi connectivity index (χ3v) is 5.38. The number of hydrogen-bond acceptors (Lipinski definition) is 4. The van der Waals surface area contributed by atoms with Crippen molar-refractivity contribution in [2.45, 2.75) is 0 Å². The minimum Gasteiger partial charge on any atom is -0.353 e. The van der Waals surface area contributed by atoms with Crippen molar-refractivity contribution in [1.29, 1.82) is 0 Å². The van der Waals surface area contributed by atoms with Gasteiger partial charge in [-0.05, 0) is 41.5 Å². The standard InChI is InChI=1S/C24H15FN6/c25-17-6-4-14(5-7-17)18-2-1-3-21-19(18)9-22(29-21)23-20-8-15(12-28-24(20)31-30-23)16-10-26-13-27-11-16/h1-13,29H,(H,28,30,31). The molecule has 0 aliphatic rings. The lowest BCUT2D eigenvalue weighted by Crippen LogP contribution is -1.85. The van der Waals surface area contributed by atoms with E-state index in [1.807, 2.05) is 24.3 Å². The molecule has 0 aliphatic carbocycles. The van der Waals surface area contributed by atoms with Crippen LogP contribution < -0.4 is 0 Å². The third kappa shape index (κ3) is 2.95. The van der Waals surface area contributed by atoms with E-state index in [0.29, 0.717) is 5.65 Å². The number of fused-ring (bicyclic) bond motifs is 2. The number of halogens is 1. The van der Waals surface area contributed by atoms with Gasteiger partial charge < -0.3 is 4.98 Å². The number of aromatic nitrogens is 6. The van der Waals surface area contributed by atoms with Gasteiger partial charge in [-0.2, -0.15) is 5.10 Å². The second kappa shape index (κ2) is 6.84. The summed E-state index contributed by atoms with van der Waals surface area (Å²) < 4.78 is 13.4. The molecule has 0 saturated heterocycles. The van der Waals surface area contributed by atoms with Crippen LogP contribution in [0.25, 0.3) is 55.6 Å². The summed E-state index contributed by atoms with van der Waals surface area (Å²) in [5, 5.41) is 9.46. The van der Waals surface area contributed by atoms with Crippen LogP contribution in [-0.4, -0.2) is 30.1 Å². The van der Waals surface area contributed by atoms with Crippen LogP contribution in [0.15, 0.2) is 79.5 Å². The smallest absolute Gasteiger partial charge is 0.155 e. The molecule has 0 bridgehead atoms. The molecule has 31 heavy (non-hydrogen) atoms. The quantitative estimate of drug-likeness (QED) is 0.414. The van der Waals surface area contributed by atoms with Crippen molar-refractivity contribution < 1.29 is 4.39 Å². The number of aromatic amines is 2. The van der Waals surface area contributed by atoms with Crippen molar-refractivity contribution in [2.24, 2.45) is 0 Å². The normalized spacial score (nSPS) is 11.4. The first-order valence-electron chi connectivity index (χ1n) is 9.74. The summed E-state index contributed by atoms with van der Waals surface area (Å²) in [5.74, 6) is -0.249. The van der Waals surface area contributed by atoms with Crippen LogP contribution in [0.1, 0.15) is 0 Å². The van der Waals surface area contributed by atoms with Gasteiger partial charge in [-0.15, -0.1) is 0 Å². The van der Waals surface area contributed by atoms with Gasteiger partial charge in [0, 0.05) is 46.0 Å². The Labute approximate surface area is 175 Å². The molecule has 0 aliphatic heterocycles. The molecular weight excluding hydrogens is 391 g/mol. The highest BCUT2D eigenvalue weighted by atomic mass is 19.1. The van der Waals surface area contributed by atoms with Gasteiger partial charge in [0.25, 0.3) is 0 Å². The second-order valence-corrected chi connectivity index (χ2v) is 7.28. The van der Waals surface area contributed by atoms with E-state index in [2.05, 4.69) is 36.2 Å². The molecule has 6 aromatic rings. The summed E-state index contributed by atoms with van der Waals surface area (Å²) >= 11 is 0. The van der Waals surface area contributed by atoms with Crippen LogP contribution in [-0.2, 0) is 0 Å². The maximum absolute atomic E-state index is 13.4. The fourth-order valence-corrected chi connectivity index (χ4v) is 3.88. The monoisotopic (exact) mass is 406 g/mol. The average Bonchev–Trinajstić information content (AvgIpc) is 3.43. The first-order valence-corrected chi connectivity index (χ1v) is 9.74. The summed E-state index contributed by atoms with van der Waals surface area (Å²) in [5.41, 5.74) is 7.12. The fraction of sp³-hybridized carbons (Fsp3) is 0. The van der Waals surface area contributed by atoms with Crippen LogP contribution in [0.5, 0.6) is 0 Å². The predicted molar refractivity (Wildman–Crippen MR) is 118 cm³/mol. The van der Waals surface area contributed by atoms with Gasteiger partial charge in [0.1, 0.15) is 17.8 Å². The predicted octanol–water partition coefficient (Wildman–Crippen LogP) is 5.37. The Kier molecular flexibility index (Phi) is 3.86. The molecule has 0 fully saturated rings. The van der Waals surface area contributed by atoms with Gasteiger partial charge >= 0.3 is 0 Å². The summed E-state index contributed by atoms with van der Waals surface area (Å²) in [6.07, 6.45) is 6.80. The summed E-state index contributed by atoms with van der Waals surface area (Å²) in [6, 6.07) is 16.7. The zero-order chi connectivity index (χ0) is 20.8. The number of nitrogens with one attached hydrogen (secondary N) is 2. The molecule has 148 valence electrons.